The molecule has 6 heteroatoms. The number of hydrogen-bond acceptors (Lipinski definition) is 5. The zero-order chi connectivity index (χ0) is 18.2. The van der Waals surface area contributed by atoms with Crippen molar-refractivity contribution in [2.24, 2.45) is 0 Å². The van der Waals surface area contributed by atoms with Gasteiger partial charge in [0.1, 0.15) is 5.78 Å². The van der Waals surface area contributed by atoms with Crippen LogP contribution in [0, 0.1) is 0 Å². The fourth-order valence-electron chi connectivity index (χ4n) is 2.28. The highest BCUT2D eigenvalue weighted by atomic mass is 16.5. The molecular formula is C18H24O6. The van der Waals surface area contributed by atoms with Crippen LogP contribution in [-0.2, 0) is 4.79 Å². The van der Waals surface area contributed by atoms with E-state index in [4.69, 9.17) is 10.2 Å². The standard InChI is InChI=1S/C18H24O6/c1-13(19)6-4-9-15(20)12-18(23,24)11-5-8-14-7-2-3-10-16(14)17(21)22/h2-3,5,7-8,10,13,19,23-24H,4,6,9,11-12H2,1H3,(H,21,22)/b8-5+. The highest BCUT2D eigenvalue weighted by Gasteiger charge is 2.25. The number of benzene rings is 1. The minimum absolute atomic E-state index is 0.115. The predicted molar refractivity (Wildman–Crippen MR) is 89.4 cm³/mol. The van der Waals surface area contributed by atoms with Crippen molar-refractivity contribution in [3.8, 4) is 0 Å². The summed E-state index contributed by atoms with van der Waals surface area (Å²) < 4.78 is 0. The summed E-state index contributed by atoms with van der Waals surface area (Å²) in [6, 6.07) is 6.36. The second-order valence-corrected chi connectivity index (χ2v) is 5.94. The van der Waals surface area contributed by atoms with E-state index in [0.29, 0.717) is 18.4 Å². The summed E-state index contributed by atoms with van der Waals surface area (Å²) in [5.41, 5.74) is 0.563. The lowest BCUT2D eigenvalue weighted by Gasteiger charge is -2.19. The largest absolute Gasteiger partial charge is 0.478 e. The minimum Gasteiger partial charge on any atom is -0.478 e. The van der Waals surface area contributed by atoms with E-state index in [-0.39, 0.29) is 24.2 Å². The number of Topliss-reactive ketones (excluding diaryl/α,β-unsaturated/α-hetero) is 1. The highest BCUT2D eigenvalue weighted by molar-refractivity contribution is 5.92. The molecule has 0 heterocycles. The third kappa shape index (κ3) is 7.50. The van der Waals surface area contributed by atoms with Gasteiger partial charge >= 0.3 is 5.97 Å². The Balaban J connectivity index is 2.56. The molecule has 4 N–H and O–H groups in total. The Hall–Kier alpha value is -2.02. The van der Waals surface area contributed by atoms with Crippen LogP contribution in [0.25, 0.3) is 6.08 Å². The molecule has 1 atom stereocenters. The molecule has 1 aromatic rings. The van der Waals surface area contributed by atoms with Crippen molar-refractivity contribution in [2.75, 3.05) is 0 Å². The van der Waals surface area contributed by atoms with Crippen LogP contribution in [-0.4, -0.2) is 44.1 Å². The van der Waals surface area contributed by atoms with Crippen LogP contribution in [0.2, 0.25) is 0 Å². The first-order valence-electron chi connectivity index (χ1n) is 7.84. The van der Waals surface area contributed by atoms with Crippen molar-refractivity contribution in [1.29, 1.82) is 0 Å². The number of aromatic carboxylic acids is 1. The summed E-state index contributed by atoms with van der Waals surface area (Å²) in [4.78, 5) is 22.8. The average molecular weight is 336 g/mol. The zero-order valence-electron chi connectivity index (χ0n) is 13.7. The fourth-order valence-corrected chi connectivity index (χ4v) is 2.28. The van der Waals surface area contributed by atoms with Crippen molar-refractivity contribution in [2.45, 2.75) is 50.9 Å². The molecule has 6 nitrogen and oxygen atoms in total. The van der Waals surface area contributed by atoms with Gasteiger partial charge in [0.2, 0.25) is 0 Å². The van der Waals surface area contributed by atoms with E-state index in [0.717, 1.165) is 0 Å². The number of carboxylic acid groups (broad SMARTS) is 1. The molecule has 0 radical (unpaired) electrons. The molecule has 0 saturated heterocycles. The van der Waals surface area contributed by atoms with E-state index in [1.165, 1.54) is 18.2 Å². The molecule has 132 valence electrons. The fraction of sp³-hybridized carbons (Fsp3) is 0.444. The monoisotopic (exact) mass is 336 g/mol. The molecule has 0 bridgehead atoms. The van der Waals surface area contributed by atoms with Gasteiger partial charge in [-0.1, -0.05) is 30.4 Å². The Morgan fingerprint density at radius 3 is 2.54 bits per heavy atom. The van der Waals surface area contributed by atoms with Crippen molar-refractivity contribution in [3.63, 3.8) is 0 Å². The van der Waals surface area contributed by atoms with Gasteiger partial charge in [0.05, 0.1) is 18.1 Å². The highest BCUT2D eigenvalue weighted by Crippen LogP contribution is 2.17. The third-order valence-corrected chi connectivity index (χ3v) is 3.49. The van der Waals surface area contributed by atoms with Crippen LogP contribution in [0.1, 0.15) is 54.9 Å². The van der Waals surface area contributed by atoms with Gasteiger partial charge in [-0.3, -0.25) is 4.79 Å². The summed E-state index contributed by atoms with van der Waals surface area (Å²) in [5, 5.41) is 37.9. The van der Waals surface area contributed by atoms with Crippen molar-refractivity contribution in [1.82, 2.24) is 0 Å². The van der Waals surface area contributed by atoms with Gasteiger partial charge in [0.25, 0.3) is 0 Å². The van der Waals surface area contributed by atoms with E-state index in [9.17, 15) is 19.8 Å². The Labute approximate surface area is 141 Å². The van der Waals surface area contributed by atoms with E-state index in [2.05, 4.69) is 0 Å². The van der Waals surface area contributed by atoms with Gasteiger partial charge in [0, 0.05) is 12.8 Å². The summed E-state index contributed by atoms with van der Waals surface area (Å²) in [6.45, 7) is 1.63. The lowest BCUT2D eigenvalue weighted by molar-refractivity contribution is -0.169. The molecule has 0 aliphatic rings. The summed E-state index contributed by atoms with van der Waals surface area (Å²) in [7, 11) is 0. The Kier molecular flexibility index (Phi) is 7.78. The number of hydrogen-bond donors (Lipinski definition) is 4. The van der Waals surface area contributed by atoms with E-state index < -0.39 is 24.3 Å². The SMILES string of the molecule is CC(O)CCCC(=O)CC(O)(O)C/C=C/c1ccccc1C(=O)O. The van der Waals surface area contributed by atoms with Gasteiger partial charge in [-0.15, -0.1) is 0 Å². The van der Waals surface area contributed by atoms with Crippen molar-refractivity contribution < 1.29 is 30.0 Å². The second kappa shape index (κ2) is 9.32. The molecule has 0 aliphatic carbocycles. The predicted octanol–water partition coefficient (Wildman–Crippen LogP) is 1.98. The maximum atomic E-state index is 11.7. The average Bonchev–Trinajstić information content (AvgIpc) is 2.46. The van der Waals surface area contributed by atoms with E-state index >= 15 is 0 Å². The Morgan fingerprint density at radius 1 is 1.25 bits per heavy atom. The molecule has 1 rings (SSSR count). The van der Waals surface area contributed by atoms with Crippen LogP contribution in [0.4, 0.5) is 0 Å². The smallest absolute Gasteiger partial charge is 0.336 e. The molecule has 1 unspecified atom stereocenters. The molecule has 0 fully saturated rings. The number of ketones is 1. The first-order chi connectivity index (χ1) is 11.2. The molecule has 0 aromatic heterocycles. The number of aliphatic hydroxyl groups is 3. The molecule has 1 aromatic carbocycles. The van der Waals surface area contributed by atoms with E-state index in [1.54, 1.807) is 25.1 Å². The zero-order valence-corrected chi connectivity index (χ0v) is 13.7. The topological polar surface area (TPSA) is 115 Å². The number of carbonyl (C=O) groups is 2. The molecule has 0 amide bonds. The van der Waals surface area contributed by atoms with Crippen LogP contribution in [0.5, 0.6) is 0 Å². The van der Waals surface area contributed by atoms with Gasteiger partial charge < -0.3 is 20.4 Å². The van der Waals surface area contributed by atoms with Gasteiger partial charge in [-0.25, -0.2) is 4.79 Å². The molecule has 0 spiro atoms. The summed E-state index contributed by atoms with van der Waals surface area (Å²) >= 11 is 0. The van der Waals surface area contributed by atoms with Gasteiger partial charge in [0.15, 0.2) is 5.79 Å². The Morgan fingerprint density at radius 2 is 1.92 bits per heavy atom. The maximum absolute atomic E-state index is 11.7. The summed E-state index contributed by atoms with van der Waals surface area (Å²) in [6.07, 6.45) is 3.01. The first-order valence-corrected chi connectivity index (χ1v) is 7.84. The molecule has 24 heavy (non-hydrogen) atoms. The Bertz CT molecular complexity index is 589. The van der Waals surface area contributed by atoms with Crippen LogP contribution < -0.4 is 0 Å². The minimum atomic E-state index is -2.17. The third-order valence-electron chi connectivity index (χ3n) is 3.49. The van der Waals surface area contributed by atoms with Crippen LogP contribution in [0.3, 0.4) is 0 Å². The number of carboxylic acids is 1. The lowest BCUT2D eigenvalue weighted by Crippen LogP contribution is -2.30. The normalized spacial score (nSPS) is 13.2. The van der Waals surface area contributed by atoms with Crippen LogP contribution in [0.15, 0.2) is 30.3 Å². The molecular weight excluding hydrogens is 312 g/mol. The lowest BCUT2D eigenvalue weighted by atomic mass is 10.0. The first kappa shape index (κ1) is 20.0. The quantitative estimate of drug-likeness (QED) is 0.486. The number of rotatable bonds is 10. The van der Waals surface area contributed by atoms with Crippen molar-refractivity contribution >= 4 is 17.8 Å². The maximum Gasteiger partial charge on any atom is 0.336 e. The number of carbonyl (C=O) groups excluding carboxylic acids is 1. The summed E-state index contributed by atoms with van der Waals surface area (Å²) in [5.74, 6) is -3.53. The molecule has 0 saturated carbocycles. The van der Waals surface area contributed by atoms with Gasteiger partial charge in [-0.05, 0) is 31.4 Å². The van der Waals surface area contributed by atoms with Crippen LogP contribution >= 0.6 is 0 Å². The number of aliphatic hydroxyl groups excluding tert-OH is 1. The second-order valence-electron chi connectivity index (χ2n) is 5.94. The van der Waals surface area contributed by atoms with E-state index in [1.807, 2.05) is 0 Å². The van der Waals surface area contributed by atoms with Gasteiger partial charge in [-0.2, -0.15) is 0 Å². The molecule has 0 aliphatic heterocycles. The van der Waals surface area contributed by atoms with Crippen molar-refractivity contribution in [3.05, 3.63) is 41.5 Å².